The van der Waals surface area contributed by atoms with Crippen molar-refractivity contribution in [2.75, 3.05) is 19.6 Å². The second kappa shape index (κ2) is 8.29. The molecular formula is C15H21ClF2N2O. The fourth-order valence-corrected chi connectivity index (χ4v) is 2.65. The number of piperidine rings is 1. The highest BCUT2D eigenvalue weighted by atomic mass is 35.5. The number of nitrogens with zero attached hydrogens (tertiary/aromatic N) is 1. The van der Waals surface area contributed by atoms with E-state index in [4.69, 9.17) is 0 Å². The SMILES string of the molecule is CCCN(C(=O)c1cc(F)cc(F)c1)C1CCNCC1.Cl. The van der Waals surface area contributed by atoms with Crippen LogP contribution in [0.25, 0.3) is 0 Å². The van der Waals surface area contributed by atoms with Crippen LogP contribution in [0.1, 0.15) is 36.5 Å². The van der Waals surface area contributed by atoms with Crippen molar-refractivity contribution < 1.29 is 13.6 Å². The van der Waals surface area contributed by atoms with Gasteiger partial charge in [-0.3, -0.25) is 4.79 Å². The average molecular weight is 319 g/mol. The zero-order valence-corrected chi connectivity index (χ0v) is 12.9. The predicted molar refractivity (Wildman–Crippen MR) is 80.8 cm³/mol. The van der Waals surface area contributed by atoms with Crippen molar-refractivity contribution in [3.05, 3.63) is 35.4 Å². The largest absolute Gasteiger partial charge is 0.336 e. The summed E-state index contributed by atoms with van der Waals surface area (Å²) < 4.78 is 26.5. The van der Waals surface area contributed by atoms with Crippen molar-refractivity contribution in [2.24, 2.45) is 0 Å². The molecule has 1 heterocycles. The fraction of sp³-hybridized carbons (Fsp3) is 0.533. The maximum absolute atomic E-state index is 13.3. The monoisotopic (exact) mass is 318 g/mol. The van der Waals surface area contributed by atoms with Gasteiger partial charge in [-0.25, -0.2) is 8.78 Å². The maximum atomic E-state index is 13.3. The second-order valence-electron chi connectivity index (χ2n) is 5.14. The van der Waals surface area contributed by atoms with E-state index in [0.29, 0.717) is 6.54 Å². The molecule has 6 heteroatoms. The van der Waals surface area contributed by atoms with E-state index < -0.39 is 11.6 Å². The van der Waals surface area contributed by atoms with Gasteiger partial charge in [0, 0.05) is 24.2 Å². The van der Waals surface area contributed by atoms with Crippen molar-refractivity contribution in [3.8, 4) is 0 Å². The lowest BCUT2D eigenvalue weighted by molar-refractivity contribution is 0.0641. The minimum atomic E-state index is -0.713. The van der Waals surface area contributed by atoms with Crippen LogP contribution in [-0.2, 0) is 0 Å². The Kier molecular flexibility index (Phi) is 7.05. The molecule has 0 unspecified atom stereocenters. The highest BCUT2D eigenvalue weighted by Crippen LogP contribution is 2.17. The normalized spacial score (nSPS) is 15.4. The van der Waals surface area contributed by atoms with E-state index >= 15 is 0 Å². The Morgan fingerprint density at radius 2 is 1.81 bits per heavy atom. The summed E-state index contributed by atoms with van der Waals surface area (Å²) in [5.41, 5.74) is 0.0921. The number of carbonyl (C=O) groups is 1. The Balaban J connectivity index is 0.00000220. The molecule has 0 atom stereocenters. The summed E-state index contributed by atoms with van der Waals surface area (Å²) in [6, 6.07) is 3.14. The third-order valence-electron chi connectivity index (χ3n) is 3.58. The molecule has 0 radical (unpaired) electrons. The molecule has 3 nitrogen and oxygen atoms in total. The summed E-state index contributed by atoms with van der Waals surface area (Å²) >= 11 is 0. The topological polar surface area (TPSA) is 32.3 Å². The maximum Gasteiger partial charge on any atom is 0.254 e. The molecule has 1 N–H and O–H groups in total. The highest BCUT2D eigenvalue weighted by Gasteiger charge is 2.26. The van der Waals surface area contributed by atoms with E-state index in [1.54, 1.807) is 4.90 Å². The van der Waals surface area contributed by atoms with Crippen LogP contribution in [0.2, 0.25) is 0 Å². The van der Waals surface area contributed by atoms with Gasteiger partial charge >= 0.3 is 0 Å². The van der Waals surface area contributed by atoms with E-state index in [1.807, 2.05) is 6.92 Å². The lowest BCUT2D eigenvalue weighted by atomic mass is 10.0. The first-order valence-electron chi connectivity index (χ1n) is 7.09. The third kappa shape index (κ3) is 4.64. The van der Waals surface area contributed by atoms with Crippen molar-refractivity contribution in [3.63, 3.8) is 0 Å². The predicted octanol–water partition coefficient (Wildman–Crippen LogP) is 2.99. The van der Waals surface area contributed by atoms with Gasteiger partial charge in [0.2, 0.25) is 0 Å². The van der Waals surface area contributed by atoms with Crippen LogP contribution >= 0.6 is 12.4 Å². The van der Waals surface area contributed by atoms with Crippen LogP contribution in [0.3, 0.4) is 0 Å². The van der Waals surface area contributed by atoms with Crippen LogP contribution in [0, 0.1) is 11.6 Å². The van der Waals surface area contributed by atoms with E-state index in [2.05, 4.69) is 5.32 Å². The van der Waals surface area contributed by atoms with Gasteiger partial charge in [0.1, 0.15) is 11.6 Å². The van der Waals surface area contributed by atoms with Gasteiger partial charge < -0.3 is 10.2 Å². The van der Waals surface area contributed by atoms with Crippen molar-refractivity contribution >= 4 is 18.3 Å². The standard InChI is InChI=1S/C15H20F2N2O.ClH/c1-2-7-19(14-3-5-18-6-4-14)15(20)11-8-12(16)10-13(17)9-11;/h8-10,14,18H,2-7H2,1H3;1H. The zero-order chi connectivity index (χ0) is 14.5. The molecule has 0 bridgehead atoms. The first-order chi connectivity index (χ1) is 9.61. The smallest absolute Gasteiger partial charge is 0.254 e. The number of nitrogens with one attached hydrogen (secondary N) is 1. The summed E-state index contributed by atoms with van der Waals surface area (Å²) in [6.07, 6.45) is 2.58. The van der Waals surface area contributed by atoms with Gasteiger partial charge in [0.25, 0.3) is 5.91 Å². The molecule has 1 aromatic carbocycles. The molecule has 118 valence electrons. The number of hydrogen-bond donors (Lipinski definition) is 1. The number of hydrogen-bond acceptors (Lipinski definition) is 2. The summed E-state index contributed by atoms with van der Waals surface area (Å²) in [5, 5.41) is 3.25. The minimum absolute atomic E-state index is 0. The first-order valence-corrected chi connectivity index (χ1v) is 7.09. The zero-order valence-electron chi connectivity index (χ0n) is 12.1. The van der Waals surface area contributed by atoms with Crippen molar-refractivity contribution in [1.82, 2.24) is 10.2 Å². The molecule has 1 amide bonds. The molecule has 21 heavy (non-hydrogen) atoms. The molecule has 0 saturated carbocycles. The molecule has 1 aliphatic rings. The summed E-state index contributed by atoms with van der Waals surface area (Å²) in [6.45, 7) is 4.35. The van der Waals surface area contributed by atoms with E-state index in [9.17, 15) is 13.6 Å². The molecule has 2 rings (SSSR count). The van der Waals surface area contributed by atoms with Gasteiger partial charge in [-0.2, -0.15) is 0 Å². The minimum Gasteiger partial charge on any atom is -0.336 e. The third-order valence-corrected chi connectivity index (χ3v) is 3.58. The summed E-state index contributed by atoms with van der Waals surface area (Å²) in [4.78, 5) is 14.3. The van der Waals surface area contributed by atoms with Gasteiger partial charge in [-0.1, -0.05) is 6.92 Å². The molecule has 1 fully saturated rings. The van der Waals surface area contributed by atoms with Gasteiger partial charge in [-0.15, -0.1) is 12.4 Å². The Hall–Kier alpha value is -1.20. The van der Waals surface area contributed by atoms with Crippen LogP contribution < -0.4 is 5.32 Å². The van der Waals surface area contributed by atoms with E-state index in [-0.39, 0.29) is 29.9 Å². The molecule has 0 spiro atoms. The Labute approximate surface area is 130 Å². The Bertz CT molecular complexity index is 458. The molecule has 1 aromatic rings. The molecule has 1 aliphatic heterocycles. The number of amides is 1. The molecule has 0 aliphatic carbocycles. The Morgan fingerprint density at radius 3 is 2.33 bits per heavy atom. The van der Waals surface area contributed by atoms with E-state index in [1.165, 1.54) is 0 Å². The lowest BCUT2D eigenvalue weighted by Gasteiger charge is -2.34. The number of halogens is 3. The van der Waals surface area contributed by atoms with Crippen LogP contribution in [-0.4, -0.2) is 36.5 Å². The van der Waals surface area contributed by atoms with Gasteiger partial charge in [0.15, 0.2) is 0 Å². The number of benzene rings is 1. The molecule has 1 saturated heterocycles. The first kappa shape index (κ1) is 17.9. The quantitative estimate of drug-likeness (QED) is 0.925. The number of rotatable bonds is 4. The van der Waals surface area contributed by atoms with Gasteiger partial charge in [0.05, 0.1) is 0 Å². The summed E-state index contributed by atoms with van der Waals surface area (Å²) in [5.74, 6) is -1.71. The molecular weight excluding hydrogens is 298 g/mol. The second-order valence-corrected chi connectivity index (χ2v) is 5.14. The fourth-order valence-electron chi connectivity index (χ4n) is 2.65. The van der Waals surface area contributed by atoms with Gasteiger partial charge in [-0.05, 0) is 44.5 Å². The van der Waals surface area contributed by atoms with Crippen LogP contribution in [0.15, 0.2) is 18.2 Å². The van der Waals surface area contributed by atoms with Crippen LogP contribution in [0.5, 0.6) is 0 Å². The number of carbonyl (C=O) groups excluding carboxylic acids is 1. The lowest BCUT2D eigenvalue weighted by Crippen LogP contribution is -2.46. The average Bonchev–Trinajstić information content (AvgIpc) is 2.44. The summed E-state index contributed by atoms with van der Waals surface area (Å²) in [7, 11) is 0. The highest BCUT2D eigenvalue weighted by molar-refractivity contribution is 5.94. The Morgan fingerprint density at radius 1 is 1.24 bits per heavy atom. The molecule has 0 aromatic heterocycles. The van der Waals surface area contributed by atoms with Crippen molar-refractivity contribution in [1.29, 1.82) is 0 Å². The van der Waals surface area contributed by atoms with Crippen molar-refractivity contribution in [2.45, 2.75) is 32.2 Å². The van der Waals surface area contributed by atoms with E-state index in [0.717, 1.165) is 50.6 Å². The van der Waals surface area contributed by atoms with Crippen LogP contribution in [0.4, 0.5) is 8.78 Å².